The van der Waals surface area contributed by atoms with Crippen molar-refractivity contribution in [3.63, 3.8) is 0 Å². The second-order valence-corrected chi connectivity index (χ2v) is 8.78. The lowest BCUT2D eigenvalue weighted by molar-refractivity contribution is -0.122. The fourth-order valence-corrected chi connectivity index (χ4v) is 3.50. The Balaban J connectivity index is 2.50. The van der Waals surface area contributed by atoms with E-state index in [4.69, 9.17) is 4.74 Å². The molecule has 4 nitrogen and oxygen atoms in total. The van der Waals surface area contributed by atoms with E-state index >= 15 is 4.39 Å². The number of benzene rings is 2. The van der Waals surface area contributed by atoms with Crippen LogP contribution in [0.2, 0.25) is 0 Å². The number of halogens is 1. The predicted octanol–water partition coefficient (Wildman–Crippen LogP) is 4.98. The molecule has 0 spiro atoms. The molecule has 0 saturated carbocycles. The highest BCUT2D eigenvalue weighted by molar-refractivity contribution is 5.77. The van der Waals surface area contributed by atoms with Gasteiger partial charge in [-0.2, -0.15) is 0 Å². The van der Waals surface area contributed by atoms with Gasteiger partial charge in [0.25, 0.3) is 5.91 Å². The van der Waals surface area contributed by atoms with Gasteiger partial charge in [0, 0.05) is 19.0 Å². The zero-order valence-corrected chi connectivity index (χ0v) is 18.4. The highest BCUT2D eigenvalue weighted by Gasteiger charge is 2.23. The van der Waals surface area contributed by atoms with Crippen LogP contribution in [0.1, 0.15) is 68.4 Å². The summed E-state index contributed by atoms with van der Waals surface area (Å²) in [6.07, 6.45) is 0.417. The van der Waals surface area contributed by atoms with Gasteiger partial charge in [-0.25, -0.2) is 4.39 Å². The monoisotopic (exact) mass is 401 g/mol. The van der Waals surface area contributed by atoms with Gasteiger partial charge in [0.2, 0.25) is 0 Å². The number of rotatable bonds is 6. The van der Waals surface area contributed by atoms with Crippen molar-refractivity contribution >= 4 is 5.91 Å². The second-order valence-electron chi connectivity index (χ2n) is 8.78. The molecule has 29 heavy (non-hydrogen) atoms. The SMILES string of the molecule is CNC(=O)COc1cc(C)c(Cc2ccc(O)c(C(C)C)c2F)c(C(C)(C)C)c1. The average molecular weight is 402 g/mol. The lowest BCUT2D eigenvalue weighted by Gasteiger charge is -2.26. The van der Waals surface area contributed by atoms with Gasteiger partial charge >= 0.3 is 0 Å². The van der Waals surface area contributed by atoms with Crippen molar-refractivity contribution in [1.29, 1.82) is 0 Å². The molecule has 2 rings (SSSR count). The van der Waals surface area contributed by atoms with E-state index in [1.54, 1.807) is 19.2 Å². The minimum atomic E-state index is -0.348. The first-order valence-electron chi connectivity index (χ1n) is 9.93. The lowest BCUT2D eigenvalue weighted by Crippen LogP contribution is -2.25. The molecule has 0 heterocycles. The van der Waals surface area contributed by atoms with Crippen LogP contribution in [0.4, 0.5) is 4.39 Å². The van der Waals surface area contributed by atoms with Crippen LogP contribution in [-0.2, 0) is 16.6 Å². The molecule has 0 fully saturated rings. The van der Waals surface area contributed by atoms with Crippen LogP contribution in [-0.4, -0.2) is 24.7 Å². The minimum absolute atomic E-state index is 0.00744. The van der Waals surface area contributed by atoms with Gasteiger partial charge < -0.3 is 15.2 Å². The maximum atomic E-state index is 15.1. The van der Waals surface area contributed by atoms with Crippen LogP contribution in [0.25, 0.3) is 0 Å². The van der Waals surface area contributed by atoms with E-state index in [2.05, 4.69) is 26.1 Å². The van der Waals surface area contributed by atoms with E-state index in [1.165, 1.54) is 0 Å². The molecule has 0 aliphatic heterocycles. The first kappa shape index (κ1) is 22.7. The van der Waals surface area contributed by atoms with Gasteiger partial charge in [-0.1, -0.05) is 40.7 Å². The number of carbonyl (C=O) groups excluding carboxylic acids is 1. The van der Waals surface area contributed by atoms with Crippen molar-refractivity contribution in [2.45, 2.75) is 59.3 Å². The van der Waals surface area contributed by atoms with Crippen molar-refractivity contribution in [3.05, 3.63) is 57.9 Å². The largest absolute Gasteiger partial charge is 0.508 e. The molecule has 158 valence electrons. The number of carbonyl (C=O) groups is 1. The summed E-state index contributed by atoms with van der Waals surface area (Å²) >= 11 is 0. The molecule has 0 bridgehead atoms. The van der Waals surface area contributed by atoms with Gasteiger partial charge in [-0.05, 0) is 58.7 Å². The summed E-state index contributed by atoms with van der Waals surface area (Å²) in [6, 6.07) is 7.04. The average Bonchev–Trinajstić information content (AvgIpc) is 2.62. The van der Waals surface area contributed by atoms with Gasteiger partial charge in [-0.3, -0.25) is 4.79 Å². The quantitative estimate of drug-likeness (QED) is 0.718. The van der Waals surface area contributed by atoms with Crippen molar-refractivity contribution in [2.75, 3.05) is 13.7 Å². The number of hydrogen-bond acceptors (Lipinski definition) is 3. The smallest absolute Gasteiger partial charge is 0.257 e. The third-order valence-corrected chi connectivity index (χ3v) is 5.08. The molecule has 2 aromatic carbocycles. The third-order valence-electron chi connectivity index (χ3n) is 5.08. The molecule has 0 aromatic heterocycles. The number of phenolic OH excluding ortho intramolecular Hbond substituents is 1. The number of likely N-dealkylation sites (N-methyl/N-ethyl adjacent to an activating group) is 1. The molecule has 0 saturated heterocycles. The van der Waals surface area contributed by atoms with Crippen LogP contribution in [0.15, 0.2) is 24.3 Å². The van der Waals surface area contributed by atoms with E-state index < -0.39 is 0 Å². The maximum Gasteiger partial charge on any atom is 0.257 e. The number of hydrogen-bond donors (Lipinski definition) is 2. The Hall–Kier alpha value is -2.56. The molecule has 0 aliphatic carbocycles. The molecule has 0 radical (unpaired) electrons. The fourth-order valence-electron chi connectivity index (χ4n) is 3.50. The van der Waals surface area contributed by atoms with Crippen LogP contribution in [0.3, 0.4) is 0 Å². The first-order valence-corrected chi connectivity index (χ1v) is 9.93. The minimum Gasteiger partial charge on any atom is -0.508 e. The number of nitrogens with one attached hydrogen (secondary N) is 1. The lowest BCUT2D eigenvalue weighted by atomic mass is 9.80. The van der Waals surface area contributed by atoms with Crippen molar-refractivity contribution in [2.24, 2.45) is 0 Å². The first-order chi connectivity index (χ1) is 13.5. The Bertz CT molecular complexity index is 898. The topological polar surface area (TPSA) is 58.6 Å². The Kier molecular flexibility index (Phi) is 6.93. The number of amides is 1. The summed E-state index contributed by atoms with van der Waals surface area (Å²) in [6.45, 7) is 11.9. The number of aromatic hydroxyl groups is 1. The highest BCUT2D eigenvalue weighted by Crippen LogP contribution is 2.36. The molecule has 0 aliphatic rings. The zero-order chi connectivity index (χ0) is 21.9. The Morgan fingerprint density at radius 2 is 1.90 bits per heavy atom. The van der Waals surface area contributed by atoms with Crippen LogP contribution in [0, 0.1) is 12.7 Å². The van der Waals surface area contributed by atoms with Crippen molar-refractivity contribution in [1.82, 2.24) is 5.32 Å². The summed E-state index contributed by atoms with van der Waals surface area (Å²) in [5.41, 5.74) is 3.76. The molecule has 2 N–H and O–H groups in total. The van der Waals surface area contributed by atoms with E-state index in [9.17, 15) is 9.90 Å². The Labute approximate surface area is 173 Å². The predicted molar refractivity (Wildman–Crippen MR) is 114 cm³/mol. The number of aryl methyl sites for hydroxylation is 1. The second kappa shape index (κ2) is 8.85. The number of phenols is 1. The molecule has 0 unspecified atom stereocenters. The summed E-state index contributed by atoms with van der Waals surface area (Å²) in [7, 11) is 1.57. The molecule has 5 heteroatoms. The van der Waals surface area contributed by atoms with Crippen LogP contribution in [0.5, 0.6) is 11.5 Å². The van der Waals surface area contributed by atoms with Gasteiger partial charge in [0.15, 0.2) is 6.61 Å². The van der Waals surface area contributed by atoms with Gasteiger partial charge in [0.05, 0.1) is 0 Å². The zero-order valence-electron chi connectivity index (χ0n) is 18.4. The summed E-state index contributed by atoms with van der Waals surface area (Å²) in [4.78, 5) is 11.5. The maximum absolute atomic E-state index is 15.1. The summed E-state index contributed by atoms with van der Waals surface area (Å²) < 4.78 is 20.8. The fraction of sp³-hybridized carbons (Fsp3) is 0.458. The standard InChI is InChI=1S/C24H32FNO3/c1-14(2)22-20(27)9-8-16(23(22)25)11-18-15(3)10-17(29-13-21(28)26-7)12-19(18)24(4,5)6/h8-10,12,14,27H,11,13H2,1-7H3,(H,26,28). The summed E-state index contributed by atoms with van der Waals surface area (Å²) in [5, 5.41) is 12.6. The Morgan fingerprint density at radius 1 is 1.24 bits per heavy atom. The van der Waals surface area contributed by atoms with E-state index in [-0.39, 0.29) is 35.4 Å². The third kappa shape index (κ3) is 5.28. The van der Waals surface area contributed by atoms with E-state index in [0.717, 1.165) is 16.7 Å². The molecule has 1 amide bonds. The van der Waals surface area contributed by atoms with Gasteiger partial charge in [-0.15, -0.1) is 0 Å². The molecule has 0 atom stereocenters. The molecular weight excluding hydrogens is 369 g/mol. The van der Waals surface area contributed by atoms with Gasteiger partial charge in [0.1, 0.15) is 17.3 Å². The highest BCUT2D eigenvalue weighted by atomic mass is 19.1. The Morgan fingerprint density at radius 3 is 2.45 bits per heavy atom. The van der Waals surface area contributed by atoms with Crippen LogP contribution < -0.4 is 10.1 Å². The van der Waals surface area contributed by atoms with E-state index in [1.807, 2.05) is 32.9 Å². The molecular formula is C24H32FNO3. The number of ether oxygens (including phenoxy) is 1. The normalized spacial score (nSPS) is 11.6. The van der Waals surface area contributed by atoms with Crippen LogP contribution >= 0.6 is 0 Å². The summed E-state index contributed by atoms with van der Waals surface area (Å²) in [5.74, 6) is -0.0463. The molecule has 2 aromatic rings. The van der Waals surface area contributed by atoms with Crippen molar-refractivity contribution in [3.8, 4) is 11.5 Å². The van der Waals surface area contributed by atoms with E-state index in [0.29, 0.717) is 23.3 Å². The van der Waals surface area contributed by atoms with Crippen molar-refractivity contribution < 1.29 is 19.0 Å².